The van der Waals surface area contributed by atoms with Crippen molar-refractivity contribution in [3.05, 3.63) is 63.9 Å². The molecule has 1 aliphatic rings. The number of thiocarbonyl (C=S) groups is 1. The quantitative estimate of drug-likeness (QED) is 0.311. The Hall–Kier alpha value is -3.67. The smallest absolute Gasteiger partial charge is 0.339 e. The second kappa shape index (κ2) is 12.7. The van der Waals surface area contributed by atoms with E-state index in [4.69, 9.17) is 31.2 Å². The molecule has 0 amide bonds. The topological polar surface area (TPSA) is 105 Å². The molecular formula is C27H32N4O6S. The number of pyridine rings is 1. The Bertz CT molecular complexity index is 1360. The molecule has 1 fully saturated rings. The Labute approximate surface area is 226 Å². The van der Waals surface area contributed by atoms with Crippen molar-refractivity contribution in [1.29, 1.82) is 0 Å². The van der Waals surface area contributed by atoms with Crippen LogP contribution in [-0.2, 0) is 16.0 Å². The van der Waals surface area contributed by atoms with Crippen LogP contribution in [0.4, 0.5) is 5.69 Å². The van der Waals surface area contributed by atoms with Gasteiger partial charge in [0.25, 0.3) is 5.56 Å². The number of morpholine rings is 1. The molecule has 0 spiro atoms. The molecule has 0 radical (unpaired) electrons. The van der Waals surface area contributed by atoms with E-state index in [1.54, 1.807) is 38.5 Å². The van der Waals surface area contributed by atoms with Crippen molar-refractivity contribution in [2.24, 2.45) is 0 Å². The van der Waals surface area contributed by atoms with E-state index in [9.17, 15) is 9.59 Å². The van der Waals surface area contributed by atoms with Gasteiger partial charge in [0.2, 0.25) is 0 Å². The fraction of sp³-hybridized carbons (Fsp3) is 0.370. The van der Waals surface area contributed by atoms with E-state index in [-0.39, 0.29) is 12.1 Å². The van der Waals surface area contributed by atoms with Gasteiger partial charge in [0.05, 0.1) is 57.9 Å². The largest absolute Gasteiger partial charge is 0.493 e. The highest BCUT2D eigenvalue weighted by molar-refractivity contribution is 7.80. The van der Waals surface area contributed by atoms with Crippen molar-refractivity contribution in [2.45, 2.75) is 6.54 Å². The number of nitrogens with one attached hydrogen (secondary N) is 2. The Morgan fingerprint density at radius 1 is 1.11 bits per heavy atom. The molecule has 1 aromatic heterocycles. The minimum atomic E-state index is -0.467. The number of rotatable bonds is 9. The van der Waals surface area contributed by atoms with Crippen LogP contribution in [0.15, 0.2) is 47.3 Å². The van der Waals surface area contributed by atoms with Gasteiger partial charge in [-0.05, 0) is 36.5 Å². The molecule has 1 saturated heterocycles. The van der Waals surface area contributed by atoms with Crippen LogP contribution < -0.4 is 20.3 Å². The molecule has 202 valence electrons. The third-order valence-corrected chi connectivity index (χ3v) is 6.80. The highest BCUT2D eigenvalue weighted by atomic mass is 32.1. The highest BCUT2D eigenvalue weighted by Crippen LogP contribution is 2.31. The number of aromatic amines is 1. The molecule has 3 aromatic rings. The lowest BCUT2D eigenvalue weighted by Crippen LogP contribution is -2.44. The summed E-state index contributed by atoms with van der Waals surface area (Å²) in [6.45, 7) is 4.59. The first-order valence-corrected chi connectivity index (χ1v) is 12.7. The first-order chi connectivity index (χ1) is 18.4. The van der Waals surface area contributed by atoms with E-state index < -0.39 is 5.97 Å². The molecule has 1 aliphatic heterocycles. The van der Waals surface area contributed by atoms with Crippen LogP contribution in [0.1, 0.15) is 15.9 Å². The number of H-pyrrole nitrogens is 1. The van der Waals surface area contributed by atoms with Gasteiger partial charge in [-0.3, -0.25) is 9.69 Å². The monoisotopic (exact) mass is 540 g/mol. The fourth-order valence-corrected chi connectivity index (χ4v) is 4.58. The van der Waals surface area contributed by atoms with Crippen LogP contribution in [0.25, 0.3) is 10.9 Å². The Morgan fingerprint density at radius 2 is 1.82 bits per heavy atom. The number of carbonyl (C=O) groups excluding carboxylic acids is 1. The molecule has 2 N–H and O–H groups in total. The third-order valence-electron chi connectivity index (χ3n) is 6.44. The molecule has 11 heteroatoms. The maximum atomic E-state index is 13.1. The molecule has 0 atom stereocenters. The van der Waals surface area contributed by atoms with E-state index in [1.807, 2.05) is 23.1 Å². The fourth-order valence-electron chi connectivity index (χ4n) is 4.31. The van der Waals surface area contributed by atoms with Gasteiger partial charge in [0.15, 0.2) is 16.6 Å². The number of ether oxygens (including phenoxy) is 4. The standard InChI is InChI=1S/C27H32N4O6S/c1-34-23-15-18-14-19(25(32)28-22(18)16-24(23)35-2)17-31(9-8-30-10-12-37-13-11-30)27(38)29-21-7-5-4-6-20(21)26(33)36-3/h4-7,14-16H,8-13,17H2,1-3H3,(H,28,32)(H,29,38). The minimum Gasteiger partial charge on any atom is -0.493 e. The molecule has 2 aromatic carbocycles. The number of esters is 1. The highest BCUT2D eigenvalue weighted by Gasteiger charge is 2.19. The summed E-state index contributed by atoms with van der Waals surface area (Å²) in [4.78, 5) is 32.5. The second-order valence-corrected chi connectivity index (χ2v) is 9.15. The summed E-state index contributed by atoms with van der Waals surface area (Å²) in [5.74, 6) is 0.634. The van der Waals surface area contributed by atoms with Crippen LogP contribution >= 0.6 is 12.2 Å². The van der Waals surface area contributed by atoms with Gasteiger partial charge in [-0.25, -0.2) is 4.79 Å². The summed E-state index contributed by atoms with van der Waals surface area (Å²) in [6.07, 6.45) is 0. The molecule has 10 nitrogen and oxygen atoms in total. The molecule has 0 unspecified atom stereocenters. The van der Waals surface area contributed by atoms with Gasteiger partial charge in [-0.2, -0.15) is 0 Å². The lowest BCUT2D eigenvalue weighted by Gasteiger charge is -2.31. The number of para-hydroxylation sites is 1. The Morgan fingerprint density at radius 3 is 2.53 bits per heavy atom. The summed E-state index contributed by atoms with van der Waals surface area (Å²) in [5, 5.41) is 4.38. The third kappa shape index (κ3) is 6.42. The zero-order chi connectivity index (χ0) is 27.1. The average molecular weight is 541 g/mol. The minimum absolute atomic E-state index is 0.223. The molecule has 2 heterocycles. The SMILES string of the molecule is COC(=O)c1ccccc1NC(=S)N(CCN1CCOCC1)Cc1cc2cc(OC)c(OC)cc2[nH]c1=O. The molecule has 38 heavy (non-hydrogen) atoms. The van der Waals surface area contributed by atoms with Crippen molar-refractivity contribution in [2.75, 3.05) is 66.0 Å². The number of benzene rings is 2. The zero-order valence-corrected chi connectivity index (χ0v) is 22.6. The summed E-state index contributed by atoms with van der Waals surface area (Å²) in [7, 11) is 4.46. The molecule has 0 saturated carbocycles. The predicted molar refractivity (Wildman–Crippen MR) is 149 cm³/mol. The van der Waals surface area contributed by atoms with E-state index >= 15 is 0 Å². The van der Waals surface area contributed by atoms with Gasteiger partial charge in [0.1, 0.15) is 0 Å². The number of nitrogens with zero attached hydrogens (tertiary/aromatic N) is 2. The lowest BCUT2D eigenvalue weighted by atomic mass is 10.1. The number of hydrogen-bond acceptors (Lipinski definition) is 8. The lowest BCUT2D eigenvalue weighted by molar-refractivity contribution is 0.0358. The second-order valence-electron chi connectivity index (χ2n) is 8.76. The number of carbonyl (C=O) groups is 1. The van der Waals surface area contributed by atoms with Gasteiger partial charge in [-0.1, -0.05) is 12.1 Å². The average Bonchev–Trinajstić information content (AvgIpc) is 2.95. The summed E-state index contributed by atoms with van der Waals surface area (Å²) >= 11 is 5.79. The number of hydrogen-bond donors (Lipinski definition) is 2. The number of aromatic nitrogens is 1. The predicted octanol–water partition coefficient (Wildman–Crippen LogP) is 2.86. The van der Waals surface area contributed by atoms with Gasteiger partial charge in [-0.15, -0.1) is 0 Å². The maximum Gasteiger partial charge on any atom is 0.339 e. The number of fused-ring (bicyclic) bond motifs is 1. The first kappa shape index (κ1) is 27.4. The van der Waals surface area contributed by atoms with Gasteiger partial charge in [0, 0.05) is 43.2 Å². The summed E-state index contributed by atoms with van der Waals surface area (Å²) < 4.78 is 21.2. The maximum absolute atomic E-state index is 13.1. The van der Waals surface area contributed by atoms with Crippen LogP contribution in [0.3, 0.4) is 0 Å². The molecule has 0 bridgehead atoms. The normalized spacial score (nSPS) is 13.7. The van der Waals surface area contributed by atoms with Crippen molar-refractivity contribution < 1.29 is 23.7 Å². The van der Waals surface area contributed by atoms with Crippen LogP contribution in [0.5, 0.6) is 11.5 Å². The van der Waals surface area contributed by atoms with Crippen molar-refractivity contribution in [3.8, 4) is 11.5 Å². The Balaban J connectivity index is 1.62. The zero-order valence-electron chi connectivity index (χ0n) is 21.7. The molecule has 4 rings (SSSR count). The Kier molecular flexibility index (Phi) is 9.16. The van der Waals surface area contributed by atoms with Crippen molar-refractivity contribution in [3.63, 3.8) is 0 Å². The molecule has 0 aliphatic carbocycles. The first-order valence-electron chi connectivity index (χ1n) is 12.2. The summed E-state index contributed by atoms with van der Waals surface area (Å²) in [5.41, 5.74) is 1.86. The van der Waals surface area contributed by atoms with Gasteiger partial charge >= 0.3 is 5.97 Å². The number of methoxy groups -OCH3 is 3. The molecular weight excluding hydrogens is 508 g/mol. The van der Waals surface area contributed by atoms with Gasteiger partial charge < -0.3 is 34.1 Å². The van der Waals surface area contributed by atoms with Crippen LogP contribution in [-0.4, -0.2) is 86.6 Å². The number of anilines is 1. The summed E-state index contributed by atoms with van der Waals surface area (Å²) in [6, 6.07) is 12.4. The van der Waals surface area contributed by atoms with E-state index in [1.165, 1.54) is 7.11 Å². The van der Waals surface area contributed by atoms with E-state index in [0.717, 1.165) is 25.0 Å². The van der Waals surface area contributed by atoms with E-state index in [2.05, 4.69) is 15.2 Å². The van der Waals surface area contributed by atoms with Crippen molar-refractivity contribution in [1.82, 2.24) is 14.8 Å². The van der Waals surface area contributed by atoms with Crippen molar-refractivity contribution >= 4 is 39.9 Å². The van der Waals surface area contributed by atoms with Crippen LogP contribution in [0.2, 0.25) is 0 Å². The van der Waals surface area contributed by atoms with Crippen LogP contribution in [0, 0.1) is 0 Å². The van der Waals surface area contributed by atoms with E-state index in [0.29, 0.717) is 58.7 Å².